The van der Waals surface area contributed by atoms with E-state index < -0.39 is 30.7 Å². The lowest BCUT2D eigenvalue weighted by molar-refractivity contribution is -0.154. The van der Waals surface area contributed by atoms with Crippen molar-refractivity contribution in [2.75, 3.05) is 17.2 Å². The molecule has 2 amide bonds. The highest BCUT2D eigenvalue weighted by Crippen LogP contribution is 2.32. The molecule has 0 saturated carbocycles. The highest BCUT2D eigenvalue weighted by molar-refractivity contribution is 6.06. The third-order valence-electron chi connectivity index (χ3n) is 3.56. The molecule has 0 bridgehead atoms. The summed E-state index contributed by atoms with van der Waals surface area (Å²) in [6.45, 7) is 0.0313. The Morgan fingerprint density at radius 1 is 1.37 bits per heavy atom. The number of aromatic nitrogens is 1. The zero-order chi connectivity index (χ0) is 19.6. The standard InChI is InChI=1S/C17H14F3N3O4/c1-9-14(24)23-12-7-10(4-5-13(12)27-9)22-15(25)11-3-2-6-21-16(11)26-8-17(18,19)20/h2-7,9H,8H2,1H3,(H,22,25)(H,23,24). The molecule has 1 aromatic heterocycles. The van der Waals surface area contributed by atoms with E-state index in [0.717, 1.165) is 0 Å². The Morgan fingerprint density at radius 2 is 2.15 bits per heavy atom. The molecule has 0 radical (unpaired) electrons. The number of alkyl halides is 3. The minimum Gasteiger partial charge on any atom is -0.479 e. The fraction of sp³-hybridized carbons (Fsp3) is 0.235. The number of carbonyl (C=O) groups is 2. The van der Waals surface area contributed by atoms with E-state index in [4.69, 9.17) is 4.74 Å². The van der Waals surface area contributed by atoms with Crippen LogP contribution in [0.2, 0.25) is 0 Å². The first kappa shape index (κ1) is 18.5. The van der Waals surface area contributed by atoms with Gasteiger partial charge in [-0.25, -0.2) is 4.98 Å². The Morgan fingerprint density at radius 3 is 2.89 bits per heavy atom. The molecule has 3 rings (SSSR count). The van der Waals surface area contributed by atoms with Gasteiger partial charge >= 0.3 is 6.18 Å². The van der Waals surface area contributed by atoms with Crippen LogP contribution in [-0.2, 0) is 4.79 Å². The maximum atomic E-state index is 12.4. The Kier molecular flexibility index (Phi) is 4.89. The summed E-state index contributed by atoms with van der Waals surface area (Å²) < 4.78 is 47.0. The van der Waals surface area contributed by atoms with Gasteiger partial charge in [-0.2, -0.15) is 13.2 Å². The van der Waals surface area contributed by atoms with Crippen LogP contribution in [-0.4, -0.2) is 35.7 Å². The van der Waals surface area contributed by atoms with Gasteiger partial charge in [0.1, 0.15) is 11.3 Å². The van der Waals surface area contributed by atoms with E-state index in [1.807, 2.05) is 0 Å². The Hall–Kier alpha value is -3.30. The van der Waals surface area contributed by atoms with Gasteiger partial charge in [-0.1, -0.05) is 0 Å². The summed E-state index contributed by atoms with van der Waals surface area (Å²) in [5.74, 6) is -1.04. The third kappa shape index (κ3) is 4.46. The quantitative estimate of drug-likeness (QED) is 0.850. The molecule has 1 aliphatic heterocycles. The monoisotopic (exact) mass is 381 g/mol. The van der Waals surface area contributed by atoms with Crippen LogP contribution in [0.5, 0.6) is 11.6 Å². The summed E-state index contributed by atoms with van der Waals surface area (Å²) in [4.78, 5) is 27.8. The minimum atomic E-state index is -4.56. The first-order chi connectivity index (χ1) is 12.7. The lowest BCUT2D eigenvalue weighted by Crippen LogP contribution is -2.34. The van der Waals surface area contributed by atoms with Crippen LogP contribution in [0.3, 0.4) is 0 Å². The van der Waals surface area contributed by atoms with Gasteiger partial charge in [0.05, 0.1) is 5.69 Å². The Labute approximate surface area is 151 Å². The molecule has 7 nitrogen and oxygen atoms in total. The van der Waals surface area contributed by atoms with Gasteiger partial charge in [-0.3, -0.25) is 9.59 Å². The fourth-order valence-electron chi connectivity index (χ4n) is 2.31. The fourth-order valence-corrected chi connectivity index (χ4v) is 2.31. The maximum absolute atomic E-state index is 12.4. The van der Waals surface area contributed by atoms with Crippen LogP contribution in [0.4, 0.5) is 24.5 Å². The van der Waals surface area contributed by atoms with Crippen LogP contribution in [0, 0.1) is 0 Å². The summed E-state index contributed by atoms with van der Waals surface area (Å²) in [5, 5.41) is 5.16. The number of pyridine rings is 1. The van der Waals surface area contributed by atoms with Gasteiger partial charge in [-0.05, 0) is 37.3 Å². The lowest BCUT2D eigenvalue weighted by Gasteiger charge is -2.23. The summed E-state index contributed by atoms with van der Waals surface area (Å²) in [6.07, 6.45) is -3.98. The number of ether oxygens (including phenoxy) is 2. The predicted octanol–water partition coefficient (Wildman–Crippen LogP) is 2.99. The van der Waals surface area contributed by atoms with Crippen molar-refractivity contribution in [3.05, 3.63) is 42.1 Å². The molecular weight excluding hydrogens is 367 g/mol. The van der Waals surface area contributed by atoms with Crippen LogP contribution in [0.15, 0.2) is 36.5 Å². The molecular formula is C17H14F3N3O4. The van der Waals surface area contributed by atoms with Crippen molar-refractivity contribution in [1.29, 1.82) is 0 Å². The topological polar surface area (TPSA) is 89.6 Å². The number of anilines is 2. The van der Waals surface area contributed by atoms with Crippen LogP contribution >= 0.6 is 0 Å². The highest BCUT2D eigenvalue weighted by Gasteiger charge is 2.30. The molecule has 1 unspecified atom stereocenters. The number of halogens is 3. The number of nitrogens with one attached hydrogen (secondary N) is 2. The van der Waals surface area contributed by atoms with E-state index in [1.54, 1.807) is 13.0 Å². The highest BCUT2D eigenvalue weighted by atomic mass is 19.4. The van der Waals surface area contributed by atoms with Gasteiger partial charge in [0, 0.05) is 11.9 Å². The summed E-state index contributed by atoms with van der Waals surface area (Å²) in [6, 6.07) is 7.26. The molecule has 0 spiro atoms. The van der Waals surface area contributed by atoms with Crippen molar-refractivity contribution < 1.29 is 32.2 Å². The second-order valence-electron chi connectivity index (χ2n) is 5.67. The molecule has 0 saturated heterocycles. The SMILES string of the molecule is CC1Oc2ccc(NC(=O)c3cccnc3OCC(F)(F)F)cc2NC1=O. The average Bonchev–Trinajstić information content (AvgIpc) is 2.61. The third-order valence-corrected chi connectivity index (χ3v) is 3.56. The van der Waals surface area contributed by atoms with E-state index >= 15 is 0 Å². The van der Waals surface area contributed by atoms with Crippen molar-refractivity contribution >= 4 is 23.2 Å². The van der Waals surface area contributed by atoms with E-state index in [-0.39, 0.29) is 11.5 Å². The number of hydrogen-bond donors (Lipinski definition) is 2. The van der Waals surface area contributed by atoms with Gasteiger partial charge in [-0.15, -0.1) is 0 Å². The molecule has 2 N–H and O–H groups in total. The van der Waals surface area contributed by atoms with Crippen LogP contribution in [0.25, 0.3) is 0 Å². The number of benzene rings is 1. The first-order valence-corrected chi connectivity index (χ1v) is 7.80. The molecule has 1 aromatic carbocycles. The van der Waals surface area contributed by atoms with E-state index in [0.29, 0.717) is 17.1 Å². The lowest BCUT2D eigenvalue weighted by atomic mass is 10.2. The normalized spacial score (nSPS) is 16.0. The molecule has 2 heterocycles. The molecule has 2 aromatic rings. The average molecular weight is 381 g/mol. The second kappa shape index (κ2) is 7.14. The number of carbonyl (C=O) groups excluding carboxylic acids is 2. The molecule has 10 heteroatoms. The molecule has 0 aliphatic carbocycles. The largest absolute Gasteiger partial charge is 0.479 e. The molecule has 27 heavy (non-hydrogen) atoms. The zero-order valence-electron chi connectivity index (χ0n) is 14.0. The molecule has 1 aliphatic rings. The van der Waals surface area contributed by atoms with E-state index in [2.05, 4.69) is 20.4 Å². The Balaban J connectivity index is 1.77. The number of hydrogen-bond acceptors (Lipinski definition) is 5. The Bertz CT molecular complexity index is 886. The van der Waals surface area contributed by atoms with Gasteiger partial charge in [0.25, 0.3) is 11.8 Å². The van der Waals surface area contributed by atoms with E-state index in [1.165, 1.54) is 30.5 Å². The van der Waals surface area contributed by atoms with E-state index in [9.17, 15) is 22.8 Å². The molecule has 0 fully saturated rings. The minimum absolute atomic E-state index is 0.159. The smallest absolute Gasteiger partial charge is 0.422 e. The number of fused-ring (bicyclic) bond motifs is 1. The maximum Gasteiger partial charge on any atom is 0.422 e. The first-order valence-electron chi connectivity index (χ1n) is 7.80. The number of amides is 2. The van der Waals surface area contributed by atoms with Gasteiger partial charge < -0.3 is 20.1 Å². The number of rotatable bonds is 4. The molecule has 1 atom stereocenters. The van der Waals surface area contributed by atoms with Gasteiger partial charge in [0.2, 0.25) is 5.88 Å². The van der Waals surface area contributed by atoms with Gasteiger partial charge in [0.15, 0.2) is 12.7 Å². The van der Waals surface area contributed by atoms with Crippen molar-refractivity contribution in [3.63, 3.8) is 0 Å². The summed E-state index contributed by atoms with van der Waals surface area (Å²) in [7, 11) is 0. The van der Waals surface area contributed by atoms with Crippen molar-refractivity contribution in [2.24, 2.45) is 0 Å². The van der Waals surface area contributed by atoms with Crippen molar-refractivity contribution in [1.82, 2.24) is 4.98 Å². The predicted molar refractivity (Wildman–Crippen MR) is 88.9 cm³/mol. The zero-order valence-corrected chi connectivity index (χ0v) is 14.0. The van der Waals surface area contributed by atoms with Crippen LogP contribution < -0.4 is 20.1 Å². The summed E-state index contributed by atoms with van der Waals surface area (Å²) in [5.41, 5.74) is 0.520. The van der Waals surface area contributed by atoms with Crippen LogP contribution in [0.1, 0.15) is 17.3 Å². The van der Waals surface area contributed by atoms with Crippen molar-refractivity contribution in [2.45, 2.75) is 19.2 Å². The summed E-state index contributed by atoms with van der Waals surface area (Å²) >= 11 is 0. The molecule has 142 valence electrons. The number of nitrogens with zero attached hydrogens (tertiary/aromatic N) is 1. The van der Waals surface area contributed by atoms with Crippen molar-refractivity contribution in [3.8, 4) is 11.6 Å². The second-order valence-corrected chi connectivity index (χ2v) is 5.67.